The van der Waals surface area contributed by atoms with Crippen molar-refractivity contribution < 1.29 is 0 Å². The summed E-state index contributed by atoms with van der Waals surface area (Å²) < 4.78 is 0. The predicted molar refractivity (Wildman–Crippen MR) is 86.8 cm³/mol. The van der Waals surface area contributed by atoms with Crippen molar-refractivity contribution in [2.24, 2.45) is 17.6 Å². The first-order valence-electron chi connectivity index (χ1n) is 8.55. The van der Waals surface area contributed by atoms with Gasteiger partial charge < -0.3 is 10.6 Å². The molecule has 2 saturated heterocycles. The highest BCUT2D eigenvalue weighted by Gasteiger charge is 2.49. The van der Waals surface area contributed by atoms with Crippen molar-refractivity contribution in [2.45, 2.75) is 71.0 Å². The number of piperidine rings is 1. The lowest BCUT2D eigenvalue weighted by Gasteiger charge is -2.52. The van der Waals surface area contributed by atoms with Crippen LogP contribution in [0.4, 0.5) is 0 Å². The molecular weight excluding hydrogens is 246 g/mol. The summed E-state index contributed by atoms with van der Waals surface area (Å²) in [6.45, 7) is 12.6. The Morgan fingerprint density at radius 3 is 1.85 bits per heavy atom. The quantitative estimate of drug-likeness (QED) is 0.812. The maximum atomic E-state index is 6.33. The summed E-state index contributed by atoms with van der Waals surface area (Å²) in [5.74, 6) is 1.43. The molecule has 3 heteroatoms. The van der Waals surface area contributed by atoms with Crippen LogP contribution in [-0.2, 0) is 0 Å². The Kier molecular flexibility index (Phi) is 5.14. The summed E-state index contributed by atoms with van der Waals surface area (Å²) in [7, 11) is 2.32. The SMILES string of the molecule is CC(C)CN(CC(C)C)C1(CN)CC2CCC(C1)N2C. The molecule has 20 heavy (non-hydrogen) atoms. The van der Waals surface area contributed by atoms with Gasteiger partial charge in [-0.05, 0) is 44.6 Å². The van der Waals surface area contributed by atoms with E-state index in [1.807, 2.05) is 0 Å². The first-order valence-corrected chi connectivity index (χ1v) is 8.55. The fourth-order valence-electron chi connectivity index (χ4n) is 4.44. The molecule has 0 spiro atoms. The summed E-state index contributed by atoms with van der Waals surface area (Å²) in [6, 6.07) is 1.53. The summed E-state index contributed by atoms with van der Waals surface area (Å²) >= 11 is 0. The van der Waals surface area contributed by atoms with Crippen LogP contribution in [0.3, 0.4) is 0 Å². The van der Waals surface area contributed by atoms with Gasteiger partial charge in [-0.2, -0.15) is 0 Å². The third kappa shape index (κ3) is 3.20. The number of fused-ring (bicyclic) bond motifs is 2. The highest BCUT2D eigenvalue weighted by atomic mass is 15.3. The molecule has 2 fully saturated rings. The Bertz CT molecular complexity index is 289. The Morgan fingerprint density at radius 1 is 1.05 bits per heavy atom. The molecule has 0 amide bonds. The molecule has 2 N–H and O–H groups in total. The van der Waals surface area contributed by atoms with Crippen LogP contribution in [-0.4, -0.2) is 54.1 Å². The zero-order chi connectivity index (χ0) is 14.9. The minimum atomic E-state index is 0.257. The molecule has 2 rings (SSSR count). The number of hydrogen-bond acceptors (Lipinski definition) is 3. The molecule has 2 bridgehead atoms. The van der Waals surface area contributed by atoms with E-state index in [-0.39, 0.29) is 5.54 Å². The van der Waals surface area contributed by atoms with Crippen LogP contribution in [0.15, 0.2) is 0 Å². The second kappa shape index (κ2) is 6.33. The lowest BCUT2D eigenvalue weighted by Crippen LogP contribution is -2.63. The number of nitrogens with zero attached hydrogens (tertiary/aromatic N) is 2. The Morgan fingerprint density at radius 2 is 1.50 bits per heavy atom. The molecule has 0 saturated carbocycles. The molecule has 0 radical (unpaired) electrons. The molecule has 0 aromatic carbocycles. The second-order valence-electron chi connectivity index (χ2n) is 8.08. The highest BCUT2D eigenvalue weighted by Crippen LogP contribution is 2.42. The molecule has 0 aromatic heterocycles. The molecule has 0 aliphatic carbocycles. The Hall–Kier alpha value is -0.120. The van der Waals surface area contributed by atoms with Gasteiger partial charge in [0.25, 0.3) is 0 Å². The predicted octanol–water partition coefficient (Wildman–Crippen LogP) is 2.55. The fraction of sp³-hybridized carbons (Fsp3) is 1.00. The van der Waals surface area contributed by atoms with Crippen molar-refractivity contribution in [3.05, 3.63) is 0 Å². The van der Waals surface area contributed by atoms with E-state index in [1.165, 1.54) is 38.8 Å². The summed E-state index contributed by atoms with van der Waals surface area (Å²) in [5, 5.41) is 0. The monoisotopic (exact) mass is 281 g/mol. The first kappa shape index (κ1) is 16.3. The van der Waals surface area contributed by atoms with E-state index in [0.29, 0.717) is 0 Å². The second-order valence-corrected chi connectivity index (χ2v) is 8.08. The topological polar surface area (TPSA) is 32.5 Å². The van der Waals surface area contributed by atoms with E-state index in [0.717, 1.165) is 30.5 Å². The van der Waals surface area contributed by atoms with E-state index >= 15 is 0 Å². The van der Waals surface area contributed by atoms with Gasteiger partial charge in [0.1, 0.15) is 0 Å². The van der Waals surface area contributed by atoms with Crippen molar-refractivity contribution in [1.82, 2.24) is 9.80 Å². The molecule has 2 unspecified atom stereocenters. The van der Waals surface area contributed by atoms with Crippen LogP contribution in [0.5, 0.6) is 0 Å². The molecule has 2 aliphatic heterocycles. The Labute approximate surface area is 125 Å². The normalized spacial score (nSPS) is 34.6. The third-order valence-electron chi connectivity index (χ3n) is 5.44. The van der Waals surface area contributed by atoms with Crippen molar-refractivity contribution in [3.63, 3.8) is 0 Å². The van der Waals surface area contributed by atoms with Crippen LogP contribution in [0.2, 0.25) is 0 Å². The van der Waals surface area contributed by atoms with Gasteiger partial charge in [-0.3, -0.25) is 4.90 Å². The lowest BCUT2D eigenvalue weighted by molar-refractivity contribution is -0.0114. The van der Waals surface area contributed by atoms with Crippen molar-refractivity contribution in [3.8, 4) is 0 Å². The van der Waals surface area contributed by atoms with E-state index in [2.05, 4.69) is 44.5 Å². The van der Waals surface area contributed by atoms with Crippen LogP contribution < -0.4 is 5.73 Å². The third-order valence-corrected chi connectivity index (χ3v) is 5.44. The highest BCUT2D eigenvalue weighted by molar-refractivity contribution is 5.06. The van der Waals surface area contributed by atoms with Gasteiger partial charge in [0, 0.05) is 37.3 Å². The first-order chi connectivity index (χ1) is 9.38. The van der Waals surface area contributed by atoms with Crippen molar-refractivity contribution in [2.75, 3.05) is 26.7 Å². The number of nitrogens with two attached hydrogens (primary N) is 1. The Balaban J connectivity index is 2.18. The fourth-order valence-corrected chi connectivity index (χ4v) is 4.44. The van der Waals surface area contributed by atoms with E-state index in [1.54, 1.807) is 0 Å². The number of rotatable bonds is 6. The average molecular weight is 281 g/mol. The van der Waals surface area contributed by atoms with Gasteiger partial charge in [-0.1, -0.05) is 27.7 Å². The van der Waals surface area contributed by atoms with Crippen molar-refractivity contribution >= 4 is 0 Å². The maximum Gasteiger partial charge on any atom is 0.0361 e. The maximum absolute atomic E-state index is 6.33. The largest absolute Gasteiger partial charge is 0.329 e. The van der Waals surface area contributed by atoms with Crippen LogP contribution in [0.1, 0.15) is 53.4 Å². The van der Waals surface area contributed by atoms with Gasteiger partial charge in [-0.25, -0.2) is 0 Å². The molecule has 2 atom stereocenters. The molecular formula is C17H35N3. The van der Waals surface area contributed by atoms with E-state index < -0.39 is 0 Å². The zero-order valence-electron chi connectivity index (χ0n) is 14.2. The van der Waals surface area contributed by atoms with Gasteiger partial charge in [0.15, 0.2) is 0 Å². The summed E-state index contributed by atoms with van der Waals surface area (Å²) in [4.78, 5) is 5.37. The molecule has 118 valence electrons. The van der Waals surface area contributed by atoms with Crippen LogP contribution >= 0.6 is 0 Å². The average Bonchev–Trinajstić information content (AvgIpc) is 2.61. The summed E-state index contributed by atoms with van der Waals surface area (Å²) in [6.07, 6.45) is 5.30. The van der Waals surface area contributed by atoms with Gasteiger partial charge >= 0.3 is 0 Å². The van der Waals surface area contributed by atoms with E-state index in [9.17, 15) is 0 Å². The van der Waals surface area contributed by atoms with E-state index in [4.69, 9.17) is 5.73 Å². The van der Waals surface area contributed by atoms with Gasteiger partial charge in [-0.15, -0.1) is 0 Å². The minimum Gasteiger partial charge on any atom is -0.329 e. The van der Waals surface area contributed by atoms with Crippen LogP contribution in [0.25, 0.3) is 0 Å². The molecule has 2 heterocycles. The van der Waals surface area contributed by atoms with Crippen molar-refractivity contribution in [1.29, 1.82) is 0 Å². The minimum absolute atomic E-state index is 0.257. The van der Waals surface area contributed by atoms with Crippen LogP contribution in [0, 0.1) is 11.8 Å². The molecule has 2 aliphatic rings. The summed E-state index contributed by atoms with van der Waals surface area (Å²) in [5.41, 5.74) is 6.58. The smallest absolute Gasteiger partial charge is 0.0361 e. The van der Waals surface area contributed by atoms with Gasteiger partial charge in [0.2, 0.25) is 0 Å². The van der Waals surface area contributed by atoms with Gasteiger partial charge in [0.05, 0.1) is 0 Å². The zero-order valence-corrected chi connectivity index (χ0v) is 14.2. The standard InChI is InChI=1S/C17H35N3/c1-13(2)10-20(11-14(3)4)17(12-18)8-15-6-7-16(9-17)19(15)5/h13-16H,6-12,18H2,1-5H3. The lowest BCUT2D eigenvalue weighted by atomic mass is 9.80. The number of hydrogen-bond donors (Lipinski definition) is 1. The molecule has 0 aromatic rings. The molecule has 3 nitrogen and oxygen atoms in total.